The lowest BCUT2D eigenvalue weighted by Gasteiger charge is -2.28. The Morgan fingerprint density at radius 1 is 1.20 bits per heavy atom. The molecule has 0 saturated heterocycles. The maximum absolute atomic E-state index is 13.1. The summed E-state index contributed by atoms with van der Waals surface area (Å²) in [6.45, 7) is 8.71. The first-order valence-corrected chi connectivity index (χ1v) is 11.7. The third-order valence-corrected chi connectivity index (χ3v) is 6.57. The number of rotatable bonds is 6. The van der Waals surface area contributed by atoms with Crippen molar-refractivity contribution in [2.24, 2.45) is 11.3 Å². The summed E-state index contributed by atoms with van der Waals surface area (Å²) >= 11 is 5.93. The molecule has 1 heterocycles. The van der Waals surface area contributed by atoms with Crippen LogP contribution < -0.4 is 14.4 Å². The van der Waals surface area contributed by atoms with Crippen molar-refractivity contribution < 1.29 is 17.9 Å². The van der Waals surface area contributed by atoms with Gasteiger partial charge < -0.3 is 9.64 Å². The summed E-state index contributed by atoms with van der Waals surface area (Å²) in [7, 11) is -3.81. The number of amides is 1. The molecule has 1 amide bonds. The number of carbonyl (C=O) groups excluding carboxylic acids is 1. The van der Waals surface area contributed by atoms with Crippen LogP contribution >= 0.6 is 11.6 Å². The van der Waals surface area contributed by atoms with E-state index in [9.17, 15) is 13.2 Å². The van der Waals surface area contributed by atoms with Crippen molar-refractivity contribution in [1.82, 2.24) is 0 Å². The summed E-state index contributed by atoms with van der Waals surface area (Å²) < 4.78 is 33.9. The van der Waals surface area contributed by atoms with Crippen molar-refractivity contribution in [2.75, 3.05) is 22.8 Å². The molecule has 2 aromatic rings. The third kappa shape index (κ3) is 4.90. The Kier molecular flexibility index (Phi) is 6.34. The smallest absolute Gasteiger partial charge is 0.261 e. The van der Waals surface area contributed by atoms with Gasteiger partial charge in [0.1, 0.15) is 12.4 Å². The van der Waals surface area contributed by atoms with Crippen LogP contribution in [0.15, 0.2) is 47.4 Å². The normalized spacial score (nSPS) is 16.1. The number of nitrogens with zero attached hydrogens (tertiary/aromatic N) is 1. The topological polar surface area (TPSA) is 75.7 Å². The molecule has 0 spiro atoms. The molecule has 0 aliphatic carbocycles. The second-order valence-electron chi connectivity index (χ2n) is 8.56. The van der Waals surface area contributed by atoms with Crippen LogP contribution in [0.5, 0.6) is 5.75 Å². The van der Waals surface area contributed by atoms with Crippen LogP contribution in [0.25, 0.3) is 0 Å². The van der Waals surface area contributed by atoms with E-state index in [1.54, 1.807) is 35.2 Å². The van der Waals surface area contributed by atoms with Crippen molar-refractivity contribution >= 4 is 38.9 Å². The number of ether oxygens (including phenoxy) is 1. The summed E-state index contributed by atoms with van der Waals surface area (Å²) in [5.74, 6) is 0.912. The number of nitrogens with one attached hydrogen (secondary N) is 1. The number of benzene rings is 2. The molecule has 0 saturated carbocycles. The van der Waals surface area contributed by atoms with Gasteiger partial charge >= 0.3 is 0 Å². The SMILES string of the molecule is CC(C)CCN1C(=O)C(C)(C)COc2cc(NS(=O)(=O)c3cccc(Cl)c3)ccc21. The van der Waals surface area contributed by atoms with Crippen molar-refractivity contribution in [3.63, 3.8) is 0 Å². The molecule has 1 aliphatic rings. The molecule has 0 radical (unpaired) electrons. The van der Waals surface area contributed by atoms with Crippen molar-refractivity contribution in [1.29, 1.82) is 0 Å². The van der Waals surface area contributed by atoms with Gasteiger partial charge in [-0.25, -0.2) is 8.42 Å². The number of halogens is 1. The third-order valence-electron chi connectivity index (χ3n) is 4.95. The maximum Gasteiger partial charge on any atom is 0.261 e. The highest BCUT2D eigenvalue weighted by atomic mass is 35.5. The molecule has 8 heteroatoms. The van der Waals surface area contributed by atoms with E-state index in [-0.39, 0.29) is 17.4 Å². The number of anilines is 2. The Labute approximate surface area is 183 Å². The summed E-state index contributed by atoms with van der Waals surface area (Å²) in [4.78, 5) is 14.9. The van der Waals surface area contributed by atoms with Gasteiger partial charge in [-0.3, -0.25) is 9.52 Å². The quantitative estimate of drug-likeness (QED) is 0.676. The Morgan fingerprint density at radius 2 is 1.93 bits per heavy atom. The first-order chi connectivity index (χ1) is 14.0. The van der Waals surface area contributed by atoms with Crippen LogP contribution in [-0.2, 0) is 14.8 Å². The minimum Gasteiger partial charge on any atom is -0.490 e. The predicted molar refractivity (Wildman–Crippen MR) is 120 cm³/mol. The Morgan fingerprint density at radius 3 is 2.60 bits per heavy atom. The van der Waals surface area contributed by atoms with Crippen LogP contribution in [0, 0.1) is 11.3 Å². The summed E-state index contributed by atoms with van der Waals surface area (Å²) in [5, 5.41) is 0.338. The molecule has 0 bridgehead atoms. The van der Waals surface area contributed by atoms with E-state index in [4.69, 9.17) is 16.3 Å². The van der Waals surface area contributed by atoms with E-state index in [0.29, 0.717) is 34.6 Å². The highest BCUT2D eigenvalue weighted by Crippen LogP contribution is 2.39. The van der Waals surface area contributed by atoms with E-state index in [2.05, 4.69) is 18.6 Å². The molecule has 0 fully saturated rings. The lowest BCUT2D eigenvalue weighted by molar-refractivity contribution is -0.127. The van der Waals surface area contributed by atoms with Crippen LogP contribution in [0.4, 0.5) is 11.4 Å². The molecule has 162 valence electrons. The molecule has 0 aromatic heterocycles. The van der Waals surface area contributed by atoms with Gasteiger partial charge in [-0.05, 0) is 56.5 Å². The highest BCUT2D eigenvalue weighted by Gasteiger charge is 2.37. The van der Waals surface area contributed by atoms with Gasteiger partial charge in [0.05, 0.1) is 21.7 Å². The largest absolute Gasteiger partial charge is 0.490 e. The van der Waals surface area contributed by atoms with Crippen LogP contribution in [-0.4, -0.2) is 27.5 Å². The molecule has 0 unspecified atom stereocenters. The number of hydrogen-bond acceptors (Lipinski definition) is 4. The molecule has 0 atom stereocenters. The highest BCUT2D eigenvalue weighted by molar-refractivity contribution is 7.92. The maximum atomic E-state index is 13.1. The molecule has 1 N–H and O–H groups in total. The van der Waals surface area contributed by atoms with Gasteiger partial charge in [-0.1, -0.05) is 31.5 Å². The van der Waals surface area contributed by atoms with E-state index in [1.807, 2.05) is 13.8 Å². The van der Waals surface area contributed by atoms with E-state index in [0.717, 1.165) is 6.42 Å². The van der Waals surface area contributed by atoms with Crippen molar-refractivity contribution in [3.05, 3.63) is 47.5 Å². The average Bonchev–Trinajstić information content (AvgIpc) is 2.75. The fourth-order valence-electron chi connectivity index (χ4n) is 3.17. The molecule has 1 aliphatic heterocycles. The number of hydrogen-bond donors (Lipinski definition) is 1. The minimum atomic E-state index is -3.81. The molecular weight excluding hydrogens is 424 g/mol. The predicted octanol–water partition coefficient (Wildman–Crippen LogP) is 4.94. The zero-order chi connectivity index (χ0) is 22.1. The first-order valence-electron chi connectivity index (χ1n) is 9.87. The lowest BCUT2D eigenvalue weighted by atomic mass is 9.92. The van der Waals surface area contributed by atoms with Crippen LogP contribution in [0.2, 0.25) is 5.02 Å². The van der Waals surface area contributed by atoms with E-state index >= 15 is 0 Å². The van der Waals surface area contributed by atoms with Gasteiger partial charge in [-0.15, -0.1) is 0 Å². The van der Waals surface area contributed by atoms with Gasteiger partial charge in [0.2, 0.25) is 5.91 Å². The summed E-state index contributed by atoms with van der Waals surface area (Å²) in [6, 6.07) is 11.0. The monoisotopic (exact) mass is 450 g/mol. The van der Waals surface area contributed by atoms with E-state index < -0.39 is 15.4 Å². The fourth-order valence-corrected chi connectivity index (χ4v) is 4.52. The molecule has 2 aromatic carbocycles. The summed E-state index contributed by atoms with van der Waals surface area (Å²) in [5.41, 5.74) is 0.317. The van der Waals surface area contributed by atoms with Crippen LogP contribution in [0.1, 0.15) is 34.1 Å². The van der Waals surface area contributed by atoms with E-state index in [1.165, 1.54) is 12.1 Å². The second kappa shape index (κ2) is 8.47. The van der Waals surface area contributed by atoms with Gasteiger partial charge in [0.15, 0.2) is 0 Å². The Hall–Kier alpha value is -2.25. The standard InChI is InChI=1S/C22H27ClN2O4S/c1-15(2)10-11-25-19-9-8-17(13-20(19)29-14-22(3,4)21(25)26)24-30(27,28)18-7-5-6-16(23)12-18/h5-9,12-13,15,24H,10-11,14H2,1-4H3. The number of fused-ring (bicyclic) bond motifs is 1. The van der Waals surface area contributed by atoms with Gasteiger partial charge in [-0.2, -0.15) is 0 Å². The Balaban J connectivity index is 1.94. The zero-order valence-corrected chi connectivity index (χ0v) is 19.2. The first kappa shape index (κ1) is 22.4. The number of sulfonamides is 1. The van der Waals surface area contributed by atoms with Gasteiger partial charge in [0, 0.05) is 17.6 Å². The molecule has 6 nitrogen and oxygen atoms in total. The van der Waals surface area contributed by atoms with Gasteiger partial charge in [0.25, 0.3) is 10.0 Å². The summed E-state index contributed by atoms with van der Waals surface area (Å²) in [6.07, 6.45) is 0.852. The molecular formula is C22H27ClN2O4S. The molecule has 30 heavy (non-hydrogen) atoms. The molecule has 3 rings (SSSR count). The minimum absolute atomic E-state index is 0.00541. The second-order valence-corrected chi connectivity index (χ2v) is 10.7. The fraction of sp³-hybridized carbons (Fsp3) is 0.409. The van der Waals surface area contributed by atoms with Crippen molar-refractivity contribution in [3.8, 4) is 5.75 Å². The van der Waals surface area contributed by atoms with Crippen LogP contribution in [0.3, 0.4) is 0 Å². The zero-order valence-electron chi connectivity index (χ0n) is 17.6. The van der Waals surface area contributed by atoms with Crippen molar-refractivity contribution in [2.45, 2.75) is 39.0 Å². The lowest BCUT2D eigenvalue weighted by Crippen LogP contribution is -2.42. The number of carbonyl (C=O) groups is 1. The average molecular weight is 451 g/mol. The Bertz CT molecular complexity index is 1050.